The Hall–Kier alpha value is -3.13. The number of nitrogens with one attached hydrogen (secondary N) is 2. The molecule has 1 aromatic heterocycles. The van der Waals surface area contributed by atoms with Crippen molar-refractivity contribution in [3.63, 3.8) is 0 Å². The quantitative estimate of drug-likeness (QED) is 0.297. The second-order valence-electron chi connectivity index (χ2n) is 7.71. The minimum Gasteiger partial charge on any atom is -0.483 e. The number of carbonyl (C=O) groups excluding carboxylic acids is 1. The van der Waals surface area contributed by atoms with Crippen molar-refractivity contribution in [2.24, 2.45) is 0 Å². The molecule has 3 aromatic carbocycles. The molecule has 0 saturated heterocycles. The normalized spacial score (nSPS) is 10.8. The lowest BCUT2D eigenvalue weighted by atomic mass is 10.1. The van der Waals surface area contributed by atoms with Gasteiger partial charge >= 0.3 is 0 Å². The summed E-state index contributed by atoms with van der Waals surface area (Å²) in [6, 6.07) is 16.6. The number of benzene rings is 3. The molecule has 0 aliphatic carbocycles. The van der Waals surface area contributed by atoms with E-state index in [9.17, 15) is 4.79 Å². The van der Waals surface area contributed by atoms with E-state index in [1.54, 1.807) is 12.1 Å². The topological polar surface area (TPSA) is 76.4 Å². The number of halogens is 2. The van der Waals surface area contributed by atoms with Crippen molar-refractivity contribution in [1.82, 2.24) is 10.3 Å². The van der Waals surface area contributed by atoms with Gasteiger partial charge < -0.3 is 14.5 Å². The molecule has 4 rings (SSSR count). The molecule has 0 radical (unpaired) electrons. The van der Waals surface area contributed by atoms with Gasteiger partial charge in [0, 0.05) is 17.1 Å². The van der Waals surface area contributed by atoms with E-state index in [4.69, 9.17) is 44.6 Å². The number of hydrogen-bond donors (Lipinski definition) is 2. The molecule has 174 valence electrons. The summed E-state index contributed by atoms with van der Waals surface area (Å²) in [6.45, 7) is 3.81. The summed E-state index contributed by atoms with van der Waals surface area (Å²) in [5.41, 5.74) is 4.95. The predicted molar refractivity (Wildman–Crippen MR) is 139 cm³/mol. The number of amides is 1. The molecule has 1 heterocycles. The van der Waals surface area contributed by atoms with Crippen LogP contribution in [0.2, 0.25) is 10.0 Å². The number of fused-ring (bicyclic) bond motifs is 1. The third-order valence-electron chi connectivity index (χ3n) is 5.19. The Morgan fingerprint density at radius 2 is 1.88 bits per heavy atom. The Kier molecular flexibility index (Phi) is 7.36. The molecular weight excluding hydrogens is 493 g/mol. The zero-order valence-electron chi connectivity index (χ0n) is 18.4. The minimum absolute atomic E-state index is 0.134. The van der Waals surface area contributed by atoms with Crippen LogP contribution in [0, 0.1) is 13.8 Å². The van der Waals surface area contributed by atoms with Crippen LogP contribution < -0.4 is 15.4 Å². The maximum atomic E-state index is 12.2. The molecule has 0 bridgehead atoms. The van der Waals surface area contributed by atoms with Crippen LogP contribution in [0.25, 0.3) is 11.1 Å². The van der Waals surface area contributed by atoms with Crippen molar-refractivity contribution < 1.29 is 13.9 Å². The molecule has 0 fully saturated rings. The lowest BCUT2D eigenvalue weighted by Gasteiger charge is -2.12. The van der Waals surface area contributed by atoms with Crippen molar-refractivity contribution in [3.8, 4) is 5.75 Å². The average molecular weight is 514 g/mol. The first-order valence-corrected chi connectivity index (χ1v) is 11.6. The van der Waals surface area contributed by atoms with Gasteiger partial charge in [0.25, 0.3) is 5.91 Å². The largest absolute Gasteiger partial charge is 0.483 e. The fraction of sp³-hybridized carbons (Fsp3) is 0.160. The van der Waals surface area contributed by atoms with Gasteiger partial charge in [-0.05, 0) is 73.1 Å². The maximum absolute atomic E-state index is 12.2. The van der Waals surface area contributed by atoms with Crippen LogP contribution in [-0.2, 0) is 11.2 Å². The van der Waals surface area contributed by atoms with Crippen LogP contribution in [0.4, 0.5) is 5.69 Å². The number of aromatic nitrogens is 1. The van der Waals surface area contributed by atoms with E-state index in [1.165, 1.54) is 0 Å². The summed E-state index contributed by atoms with van der Waals surface area (Å²) in [5.74, 6) is 0.866. The molecule has 0 aliphatic rings. The summed E-state index contributed by atoms with van der Waals surface area (Å²) in [4.78, 5) is 16.6. The highest BCUT2D eigenvalue weighted by molar-refractivity contribution is 7.80. The van der Waals surface area contributed by atoms with Gasteiger partial charge in [-0.1, -0.05) is 47.5 Å². The fourth-order valence-electron chi connectivity index (χ4n) is 3.31. The number of rotatable bonds is 6. The monoisotopic (exact) mass is 513 g/mol. The first-order valence-electron chi connectivity index (χ1n) is 10.4. The van der Waals surface area contributed by atoms with E-state index >= 15 is 0 Å². The molecule has 34 heavy (non-hydrogen) atoms. The van der Waals surface area contributed by atoms with Gasteiger partial charge in [0.05, 0.1) is 5.02 Å². The van der Waals surface area contributed by atoms with E-state index in [2.05, 4.69) is 15.6 Å². The summed E-state index contributed by atoms with van der Waals surface area (Å²) < 4.78 is 11.4. The summed E-state index contributed by atoms with van der Waals surface area (Å²) >= 11 is 17.4. The predicted octanol–water partition coefficient (Wildman–Crippen LogP) is 6.23. The number of hydrogen-bond acceptors (Lipinski definition) is 5. The van der Waals surface area contributed by atoms with Crippen LogP contribution in [0.5, 0.6) is 5.75 Å². The number of oxazole rings is 1. The SMILES string of the molecule is Cc1cccc(OCC(=O)NC(=S)Nc2ccc(Cc3nc4cc(Cl)cc(Cl)c4o3)cc2)c1C. The van der Waals surface area contributed by atoms with Gasteiger partial charge in [-0.25, -0.2) is 4.98 Å². The molecular formula is C25H21Cl2N3O3S. The number of nitrogens with zero attached hydrogens (tertiary/aromatic N) is 1. The molecule has 0 aliphatic heterocycles. The zero-order valence-corrected chi connectivity index (χ0v) is 20.8. The molecule has 0 unspecified atom stereocenters. The smallest absolute Gasteiger partial charge is 0.264 e. The van der Waals surface area contributed by atoms with Crippen LogP contribution in [0.15, 0.2) is 59.0 Å². The number of anilines is 1. The van der Waals surface area contributed by atoms with E-state index in [1.807, 2.05) is 56.3 Å². The van der Waals surface area contributed by atoms with E-state index < -0.39 is 0 Å². The van der Waals surface area contributed by atoms with Gasteiger partial charge in [-0.15, -0.1) is 0 Å². The fourth-order valence-corrected chi connectivity index (χ4v) is 4.06. The zero-order chi connectivity index (χ0) is 24.2. The van der Waals surface area contributed by atoms with Crippen molar-refractivity contribution in [1.29, 1.82) is 0 Å². The standard InChI is InChI=1S/C25H21Cl2N3O3S/c1-14-4-3-5-21(15(14)2)32-13-22(31)30-25(34)28-18-8-6-16(7-9-18)10-23-29-20-12-17(26)11-19(27)24(20)33-23/h3-9,11-12H,10,13H2,1-2H3,(H2,28,30,31,34). The van der Waals surface area contributed by atoms with Gasteiger partial charge in [-0.2, -0.15) is 0 Å². The van der Waals surface area contributed by atoms with Gasteiger partial charge in [0.1, 0.15) is 11.3 Å². The summed E-state index contributed by atoms with van der Waals surface area (Å²) in [6.07, 6.45) is 0.486. The van der Waals surface area contributed by atoms with Crippen molar-refractivity contribution in [3.05, 3.63) is 87.2 Å². The Bertz CT molecular complexity index is 1370. The van der Waals surface area contributed by atoms with Crippen molar-refractivity contribution in [2.75, 3.05) is 11.9 Å². The van der Waals surface area contributed by atoms with E-state index in [-0.39, 0.29) is 17.6 Å². The number of ether oxygens (including phenoxy) is 1. The first-order chi connectivity index (χ1) is 16.3. The molecule has 0 saturated carbocycles. The lowest BCUT2D eigenvalue weighted by molar-refractivity contribution is -0.121. The number of aryl methyl sites for hydroxylation is 1. The number of carbonyl (C=O) groups is 1. The number of thiocarbonyl (C=S) groups is 1. The second-order valence-corrected chi connectivity index (χ2v) is 8.96. The van der Waals surface area contributed by atoms with Crippen LogP contribution in [0.3, 0.4) is 0 Å². The summed E-state index contributed by atoms with van der Waals surface area (Å²) in [5, 5.41) is 6.73. The first kappa shape index (κ1) is 24.0. The molecule has 2 N–H and O–H groups in total. The Labute approximate surface area is 212 Å². The third-order valence-corrected chi connectivity index (χ3v) is 5.89. The molecule has 9 heteroatoms. The van der Waals surface area contributed by atoms with Crippen molar-refractivity contribution >= 4 is 63.2 Å². The summed E-state index contributed by atoms with van der Waals surface area (Å²) in [7, 11) is 0. The molecule has 4 aromatic rings. The maximum Gasteiger partial charge on any atom is 0.264 e. The van der Waals surface area contributed by atoms with Crippen molar-refractivity contribution in [2.45, 2.75) is 20.3 Å². The van der Waals surface area contributed by atoms with Crippen LogP contribution in [-0.4, -0.2) is 22.6 Å². The van der Waals surface area contributed by atoms with E-state index in [0.29, 0.717) is 39.2 Å². The Balaban J connectivity index is 1.30. The molecule has 0 spiro atoms. The highest BCUT2D eigenvalue weighted by Gasteiger charge is 2.12. The minimum atomic E-state index is -0.343. The van der Waals surface area contributed by atoms with Gasteiger partial charge in [0.15, 0.2) is 23.2 Å². The van der Waals surface area contributed by atoms with Crippen LogP contribution >= 0.6 is 35.4 Å². The highest BCUT2D eigenvalue weighted by Crippen LogP contribution is 2.29. The third kappa shape index (κ3) is 5.86. The van der Waals surface area contributed by atoms with Gasteiger partial charge in [-0.3, -0.25) is 10.1 Å². The highest BCUT2D eigenvalue weighted by atomic mass is 35.5. The lowest BCUT2D eigenvalue weighted by Crippen LogP contribution is -2.37. The Morgan fingerprint density at radius 3 is 2.65 bits per heavy atom. The molecule has 0 atom stereocenters. The molecule has 6 nitrogen and oxygen atoms in total. The Morgan fingerprint density at radius 1 is 1.12 bits per heavy atom. The van der Waals surface area contributed by atoms with Gasteiger partial charge in [0.2, 0.25) is 0 Å². The average Bonchev–Trinajstić information content (AvgIpc) is 3.18. The van der Waals surface area contributed by atoms with E-state index in [0.717, 1.165) is 22.4 Å². The second kappa shape index (κ2) is 10.4. The van der Waals surface area contributed by atoms with Crippen LogP contribution in [0.1, 0.15) is 22.6 Å². The molecule has 1 amide bonds.